The maximum Gasteiger partial charge on any atom is 0.325 e. The van der Waals surface area contributed by atoms with Crippen molar-refractivity contribution >= 4 is 11.4 Å². The van der Waals surface area contributed by atoms with Crippen molar-refractivity contribution in [1.29, 1.82) is 0 Å². The molecule has 0 aliphatic heterocycles. The van der Waals surface area contributed by atoms with Gasteiger partial charge in [-0.3, -0.25) is 19.7 Å². The number of para-hydroxylation sites is 1. The van der Waals surface area contributed by atoms with Gasteiger partial charge in [-0.25, -0.2) is 9.48 Å². The van der Waals surface area contributed by atoms with Gasteiger partial charge in [-0.15, -0.1) is 10.2 Å². The smallest absolute Gasteiger partial charge is 0.312 e. The lowest BCUT2D eigenvalue weighted by Crippen LogP contribution is -2.20. The van der Waals surface area contributed by atoms with E-state index in [9.17, 15) is 14.4 Å². The van der Waals surface area contributed by atoms with Crippen LogP contribution < -0.4 is 16.8 Å². The molecule has 0 saturated carbocycles. The number of rotatable bonds is 3. The molecule has 0 unspecified atom stereocenters. The van der Waals surface area contributed by atoms with Crippen molar-refractivity contribution in [3.63, 3.8) is 0 Å². The molecule has 2 heterocycles. The zero-order chi connectivity index (χ0) is 16.4. The van der Waals surface area contributed by atoms with E-state index in [1.54, 1.807) is 31.2 Å². The molecule has 1 aromatic carbocycles. The van der Waals surface area contributed by atoms with Gasteiger partial charge in [-0.2, -0.15) is 0 Å². The molecule has 0 aliphatic rings. The minimum atomic E-state index is -0.686. The molecule has 3 aromatic rings. The zero-order valence-electron chi connectivity index (χ0n) is 12.0. The first-order chi connectivity index (χ1) is 11.1. The highest BCUT2D eigenvalue weighted by atomic mass is 16.2. The summed E-state index contributed by atoms with van der Waals surface area (Å²) in [7, 11) is 0. The molecule has 0 spiro atoms. The van der Waals surface area contributed by atoms with Crippen LogP contribution in [0.3, 0.4) is 0 Å². The van der Waals surface area contributed by atoms with Gasteiger partial charge in [0.1, 0.15) is 0 Å². The monoisotopic (exact) mass is 312 g/mol. The third-order valence-electron chi connectivity index (χ3n) is 3.11. The minimum absolute atomic E-state index is 0.0828. The molecule has 3 N–H and O–H groups in total. The number of azo groups is 1. The van der Waals surface area contributed by atoms with E-state index in [2.05, 4.69) is 20.3 Å². The standard InChI is InChI=1S/C14H12N6O3/c1-8-11(18-17-10-7-15-14(23)16-12(10)21)13(22)20(19-8)9-5-3-2-4-6-9/h2-7,19H,1H3,(H2,15,16,21,23). The van der Waals surface area contributed by atoms with E-state index in [0.29, 0.717) is 11.4 Å². The Morgan fingerprint density at radius 1 is 1.04 bits per heavy atom. The molecule has 0 fully saturated rings. The molecule has 0 saturated heterocycles. The summed E-state index contributed by atoms with van der Waals surface area (Å²) in [5, 5.41) is 10.5. The van der Waals surface area contributed by atoms with Crippen molar-refractivity contribution < 1.29 is 0 Å². The van der Waals surface area contributed by atoms with Crippen LogP contribution in [0.1, 0.15) is 5.69 Å². The minimum Gasteiger partial charge on any atom is -0.312 e. The summed E-state index contributed by atoms with van der Waals surface area (Å²) < 4.78 is 1.33. The molecule has 2 aromatic heterocycles. The number of aromatic amines is 3. The Morgan fingerprint density at radius 2 is 1.78 bits per heavy atom. The first-order valence-corrected chi connectivity index (χ1v) is 6.67. The Morgan fingerprint density at radius 3 is 2.48 bits per heavy atom. The third kappa shape index (κ3) is 2.79. The van der Waals surface area contributed by atoms with Gasteiger partial charge in [0.2, 0.25) is 0 Å². The van der Waals surface area contributed by atoms with Gasteiger partial charge in [0.25, 0.3) is 11.1 Å². The van der Waals surface area contributed by atoms with Crippen LogP contribution in [0.15, 0.2) is 61.1 Å². The number of hydrogen-bond acceptors (Lipinski definition) is 5. The first kappa shape index (κ1) is 14.4. The fourth-order valence-electron chi connectivity index (χ4n) is 2.00. The number of benzene rings is 1. The summed E-state index contributed by atoms with van der Waals surface area (Å²) in [6, 6.07) is 8.99. The Labute approximate surface area is 128 Å². The Kier molecular flexibility index (Phi) is 3.59. The zero-order valence-corrected chi connectivity index (χ0v) is 12.0. The number of H-pyrrole nitrogens is 3. The third-order valence-corrected chi connectivity index (χ3v) is 3.11. The molecule has 3 rings (SSSR count). The van der Waals surface area contributed by atoms with Crippen molar-refractivity contribution in [2.45, 2.75) is 6.92 Å². The van der Waals surface area contributed by atoms with Gasteiger partial charge in [0.15, 0.2) is 11.4 Å². The molecular formula is C14H12N6O3. The van der Waals surface area contributed by atoms with Crippen molar-refractivity contribution in [3.8, 4) is 5.69 Å². The van der Waals surface area contributed by atoms with Gasteiger partial charge in [-0.1, -0.05) is 18.2 Å². The fourth-order valence-corrected chi connectivity index (χ4v) is 2.00. The van der Waals surface area contributed by atoms with Crippen LogP contribution in [0.5, 0.6) is 0 Å². The molecule has 0 atom stereocenters. The van der Waals surface area contributed by atoms with E-state index in [1.807, 2.05) is 11.1 Å². The van der Waals surface area contributed by atoms with E-state index in [1.165, 1.54) is 4.68 Å². The molecule has 116 valence electrons. The van der Waals surface area contributed by atoms with Crippen LogP contribution >= 0.6 is 0 Å². The topological polar surface area (TPSA) is 128 Å². The highest BCUT2D eigenvalue weighted by Crippen LogP contribution is 2.16. The van der Waals surface area contributed by atoms with Gasteiger partial charge >= 0.3 is 5.69 Å². The Hall–Kier alpha value is -3.49. The predicted octanol–water partition coefficient (Wildman–Crippen LogP) is 1.27. The van der Waals surface area contributed by atoms with E-state index in [4.69, 9.17) is 0 Å². The maximum atomic E-state index is 12.4. The Balaban J connectivity index is 2.03. The summed E-state index contributed by atoms with van der Waals surface area (Å²) >= 11 is 0. The van der Waals surface area contributed by atoms with E-state index < -0.39 is 16.8 Å². The molecule has 0 radical (unpaired) electrons. The lowest BCUT2D eigenvalue weighted by molar-refractivity contribution is 0.835. The maximum absolute atomic E-state index is 12.4. The SMILES string of the molecule is Cc1[nH]n(-c2ccccc2)c(=O)c1N=Nc1c[nH]c(=O)[nH]c1=O. The van der Waals surface area contributed by atoms with Crippen LogP contribution in [0.25, 0.3) is 5.69 Å². The number of aryl methyl sites for hydroxylation is 1. The van der Waals surface area contributed by atoms with E-state index in [0.717, 1.165) is 6.20 Å². The van der Waals surface area contributed by atoms with E-state index >= 15 is 0 Å². The van der Waals surface area contributed by atoms with Crippen LogP contribution in [0.2, 0.25) is 0 Å². The quantitative estimate of drug-likeness (QED) is 0.630. The van der Waals surface area contributed by atoms with Crippen molar-refractivity contribution in [1.82, 2.24) is 19.7 Å². The van der Waals surface area contributed by atoms with Crippen molar-refractivity contribution in [2.75, 3.05) is 0 Å². The molecule has 9 heteroatoms. The van der Waals surface area contributed by atoms with Crippen molar-refractivity contribution in [3.05, 3.63) is 73.4 Å². The summed E-state index contributed by atoms with van der Waals surface area (Å²) in [6.45, 7) is 1.67. The van der Waals surface area contributed by atoms with Gasteiger partial charge in [0.05, 0.1) is 11.4 Å². The summed E-state index contributed by atoms with van der Waals surface area (Å²) in [4.78, 5) is 39.2. The lowest BCUT2D eigenvalue weighted by Gasteiger charge is -1.99. The predicted molar refractivity (Wildman–Crippen MR) is 83.0 cm³/mol. The summed E-state index contributed by atoms with van der Waals surface area (Å²) in [5.41, 5.74) is -0.576. The first-order valence-electron chi connectivity index (χ1n) is 6.67. The average Bonchev–Trinajstić information content (AvgIpc) is 2.82. The van der Waals surface area contributed by atoms with Crippen LogP contribution in [-0.2, 0) is 0 Å². The van der Waals surface area contributed by atoms with Crippen LogP contribution in [-0.4, -0.2) is 19.7 Å². The number of nitrogens with one attached hydrogen (secondary N) is 3. The van der Waals surface area contributed by atoms with Crippen molar-refractivity contribution in [2.24, 2.45) is 10.2 Å². The molecule has 9 nitrogen and oxygen atoms in total. The molecule has 0 bridgehead atoms. The van der Waals surface area contributed by atoms with E-state index in [-0.39, 0.29) is 11.4 Å². The van der Waals surface area contributed by atoms with Gasteiger partial charge in [-0.05, 0) is 19.1 Å². The molecule has 23 heavy (non-hydrogen) atoms. The normalized spacial score (nSPS) is 11.2. The second-order valence-corrected chi connectivity index (χ2v) is 4.72. The largest absolute Gasteiger partial charge is 0.325 e. The average molecular weight is 312 g/mol. The second-order valence-electron chi connectivity index (χ2n) is 4.72. The molecule has 0 aliphatic carbocycles. The Bertz CT molecular complexity index is 1040. The van der Waals surface area contributed by atoms with Crippen LogP contribution in [0, 0.1) is 6.92 Å². The number of nitrogens with zero attached hydrogens (tertiary/aromatic N) is 3. The number of hydrogen-bond donors (Lipinski definition) is 3. The molecule has 0 amide bonds. The summed E-state index contributed by atoms with van der Waals surface area (Å²) in [5.74, 6) is 0. The van der Waals surface area contributed by atoms with Gasteiger partial charge < -0.3 is 4.98 Å². The fraction of sp³-hybridized carbons (Fsp3) is 0.0714. The lowest BCUT2D eigenvalue weighted by atomic mass is 10.3. The van der Waals surface area contributed by atoms with Gasteiger partial charge in [0, 0.05) is 6.20 Å². The second kappa shape index (κ2) is 5.72. The highest BCUT2D eigenvalue weighted by Gasteiger charge is 2.12. The summed E-state index contributed by atoms with van der Waals surface area (Å²) in [6.07, 6.45) is 1.13. The van der Waals surface area contributed by atoms with Crippen LogP contribution in [0.4, 0.5) is 11.4 Å². The highest BCUT2D eigenvalue weighted by molar-refractivity contribution is 5.43. The molecular weight excluding hydrogens is 300 g/mol. The number of aromatic nitrogens is 4.